The number of hydrogen-bond acceptors (Lipinski definition) is 0. The van der Waals surface area contributed by atoms with Crippen LogP contribution in [0.4, 0.5) is 0 Å². The van der Waals surface area contributed by atoms with Gasteiger partial charge in [0, 0.05) is 0 Å². The smallest absolute Gasteiger partial charge is 0.0279 e. The molecule has 1 aliphatic rings. The minimum Gasteiger partial charge on any atom is -0.0651 e. The third kappa shape index (κ3) is 8.70. The zero-order valence-corrected chi connectivity index (χ0v) is 18.0. The Hall–Kier alpha value is -1.56. The molecule has 0 heterocycles. The molecule has 3 rings (SSSR count). The number of hydrogen-bond donors (Lipinski definition) is 0. The molecular formula is C26H40. The topological polar surface area (TPSA) is 0 Å². The summed E-state index contributed by atoms with van der Waals surface area (Å²) in [6, 6.07) is 17.1. The normalized spacial score (nSPS) is 18.4. The molecule has 0 aromatic heterocycles. The Morgan fingerprint density at radius 3 is 1.50 bits per heavy atom. The molecule has 26 heavy (non-hydrogen) atoms. The van der Waals surface area contributed by atoms with E-state index in [2.05, 4.69) is 90.1 Å². The van der Waals surface area contributed by atoms with E-state index < -0.39 is 0 Å². The molecule has 1 aliphatic carbocycles. The Labute approximate surface area is 163 Å². The maximum atomic E-state index is 2.35. The highest BCUT2D eigenvalue weighted by atomic mass is 14.2. The Kier molecular flexibility index (Phi) is 11.0. The molecule has 144 valence electrons. The lowest BCUT2D eigenvalue weighted by Crippen LogP contribution is -1.85. The van der Waals surface area contributed by atoms with E-state index in [1.807, 2.05) is 0 Å². The summed E-state index contributed by atoms with van der Waals surface area (Å²) in [4.78, 5) is 0. The zero-order valence-electron chi connectivity index (χ0n) is 18.0. The second-order valence-electron chi connectivity index (χ2n) is 7.98. The van der Waals surface area contributed by atoms with Crippen molar-refractivity contribution < 1.29 is 0 Å². The maximum absolute atomic E-state index is 2.35. The Balaban J connectivity index is 0.000000198. The van der Waals surface area contributed by atoms with Crippen molar-refractivity contribution >= 4 is 0 Å². The van der Waals surface area contributed by atoms with E-state index in [-0.39, 0.29) is 0 Å². The van der Waals surface area contributed by atoms with Crippen molar-refractivity contribution in [2.75, 3.05) is 0 Å². The summed E-state index contributed by atoms with van der Waals surface area (Å²) >= 11 is 0. The largest absolute Gasteiger partial charge is 0.0651 e. The first-order chi connectivity index (χ1) is 12.5. The van der Waals surface area contributed by atoms with Crippen molar-refractivity contribution in [2.45, 2.75) is 80.1 Å². The van der Waals surface area contributed by atoms with Gasteiger partial charge in [-0.25, -0.2) is 0 Å². The van der Waals surface area contributed by atoms with E-state index in [9.17, 15) is 0 Å². The molecule has 0 spiro atoms. The van der Waals surface area contributed by atoms with E-state index in [0.717, 1.165) is 18.3 Å². The molecule has 0 bridgehead atoms. The average molecular weight is 353 g/mol. The van der Waals surface area contributed by atoms with Gasteiger partial charge < -0.3 is 0 Å². The van der Waals surface area contributed by atoms with Gasteiger partial charge in [-0.2, -0.15) is 0 Å². The van der Waals surface area contributed by atoms with Crippen molar-refractivity contribution in [1.82, 2.24) is 0 Å². The molecule has 0 nitrogen and oxygen atoms in total. The number of benzene rings is 2. The quantitative estimate of drug-likeness (QED) is 0.525. The minimum atomic E-state index is 1.02. The van der Waals surface area contributed by atoms with Crippen LogP contribution in [0, 0.1) is 25.7 Å². The molecule has 2 aromatic rings. The predicted molar refractivity (Wildman–Crippen MR) is 118 cm³/mol. The van der Waals surface area contributed by atoms with Crippen LogP contribution in [-0.4, -0.2) is 0 Å². The molecule has 2 atom stereocenters. The molecule has 2 aromatic carbocycles. The Morgan fingerprint density at radius 1 is 0.731 bits per heavy atom. The first-order valence-electron chi connectivity index (χ1n) is 10.6. The Bertz CT molecular complexity index is 603. The summed E-state index contributed by atoms with van der Waals surface area (Å²) in [5.74, 6) is 2.05. The first-order valence-corrected chi connectivity index (χ1v) is 10.6. The molecule has 2 unspecified atom stereocenters. The van der Waals surface area contributed by atoms with E-state index >= 15 is 0 Å². The van der Waals surface area contributed by atoms with Crippen LogP contribution in [0.5, 0.6) is 0 Å². The van der Waals surface area contributed by atoms with Gasteiger partial charge in [-0.1, -0.05) is 95.5 Å². The second kappa shape index (κ2) is 12.7. The Morgan fingerprint density at radius 2 is 1.19 bits per heavy atom. The van der Waals surface area contributed by atoms with Gasteiger partial charge in [0.05, 0.1) is 0 Å². The molecule has 0 aliphatic heterocycles. The van der Waals surface area contributed by atoms with Crippen LogP contribution < -0.4 is 0 Å². The fourth-order valence-corrected chi connectivity index (χ4v) is 3.66. The van der Waals surface area contributed by atoms with Crippen molar-refractivity contribution in [3.8, 4) is 0 Å². The average Bonchev–Trinajstić information content (AvgIpc) is 3.02. The van der Waals surface area contributed by atoms with Gasteiger partial charge in [0.2, 0.25) is 0 Å². The lowest BCUT2D eigenvalue weighted by molar-refractivity contribution is 0.555. The van der Waals surface area contributed by atoms with E-state index in [1.54, 1.807) is 0 Å². The maximum Gasteiger partial charge on any atom is -0.0279 e. The monoisotopic (exact) mass is 352 g/mol. The molecular weight excluding hydrogens is 312 g/mol. The van der Waals surface area contributed by atoms with Crippen LogP contribution in [-0.2, 0) is 12.8 Å². The van der Waals surface area contributed by atoms with Gasteiger partial charge in [-0.3, -0.25) is 0 Å². The van der Waals surface area contributed by atoms with Crippen molar-refractivity contribution in [2.24, 2.45) is 11.8 Å². The van der Waals surface area contributed by atoms with Crippen LogP contribution >= 0.6 is 0 Å². The van der Waals surface area contributed by atoms with Gasteiger partial charge in [0.25, 0.3) is 0 Å². The van der Waals surface area contributed by atoms with Crippen LogP contribution in [0.1, 0.15) is 75.6 Å². The predicted octanol–water partition coefficient (Wildman–Crippen LogP) is 7.95. The first kappa shape index (κ1) is 22.5. The fourth-order valence-electron chi connectivity index (χ4n) is 3.66. The summed E-state index contributed by atoms with van der Waals surface area (Å²) in [6.07, 6.45) is 8.02. The van der Waals surface area contributed by atoms with Crippen LogP contribution in [0.25, 0.3) is 0 Å². The highest BCUT2D eigenvalue weighted by Gasteiger charge is 2.15. The van der Waals surface area contributed by atoms with Crippen molar-refractivity contribution in [1.29, 1.82) is 0 Å². The molecule has 0 amide bonds. The lowest BCUT2D eigenvalue weighted by atomic mass is 10.1. The standard InChI is InChI=1S/C10H14.C9H12.C7H14/c1-3-6-10-8-5-4-7-9(10)2;1-3-9-7-5-4-6-8(9)2;1-6-3-4-7(2)5-6/h4-5,7-8H,3,6H2,1-2H3;4-7H,3H2,1-2H3;6-7H,3-5H2,1-2H3. The summed E-state index contributed by atoms with van der Waals surface area (Å²) in [5.41, 5.74) is 5.77. The van der Waals surface area contributed by atoms with Crippen LogP contribution in [0.2, 0.25) is 0 Å². The van der Waals surface area contributed by atoms with E-state index in [4.69, 9.17) is 0 Å². The van der Waals surface area contributed by atoms with Gasteiger partial charge in [0.1, 0.15) is 0 Å². The van der Waals surface area contributed by atoms with Crippen LogP contribution in [0.3, 0.4) is 0 Å². The summed E-state index contributed by atoms with van der Waals surface area (Å²) < 4.78 is 0. The van der Waals surface area contributed by atoms with Gasteiger partial charge in [0.15, 0.2) is 0 Å². The third-order valence-electron chi connectivity index (χ3n) is 5.38. The summed E-state index contributed by atoms with van der Waals surface area (Å²) in [7, 11) is 0. The summed E-state index contributed by atoms with van der Waals surface area (Å²) in [5, 5.41) is 0. The highest BCUT2D eigenvalue weighted by molar-refractivity contribution is 5.25. The van der Waals surface area contributed by atoms with Gasteiger partial charge in [-0.05, 0) is 67.2 Å². The summed E-state index contributed by atoms with van der Waals surface area (Å²) in [6.45, 7) is 13.4. The van der Waals surface area contributed by atoms with E-state index in [1.165, 1.54) is 54.4 Å². The molecule has 0 radical (unpaired) electrons. The third-order valence-corrected chi connectivity index (χ3v) is 5.38. The molecule has 0 N–H and O–H groups in total. The van der Waals surface area contributed by atoms with E-state index in [0.29, 0.717) is 0 Å². The van der Waals surface area contributed by atoms with Crippen molar-refractivity contribution in [3.63, 3.8) is 0 Å². The molecule has 0 saturated heterocycles. The number of rotatable bonds is 3. The molecule has 1 fully saturated rings. The minimum absolute atomic E-state index is 1.02. The van der Waals surface area contributed by atoms with Gasteiger partial charge in [-0.15, -0.1) is 0 Å². The van der Waals surface area contributed by atoms with Crippen LogP contribution in [0.15, 0.2) is 48.5 Å². The molecule has 1 saturated carbocycles. The SMILES string of the molecule is CC1CCC(C)C1.CCCc1ccccc1C.CCc1ccccc1C. The highest BCUT2D eigenvalue weighted by Crippen LogP contribution is 2.29. The fraction of sp³-hybridized carbons (Fsp3) is 0.538. The van der Waals surface area contributed by atoms with Gasteiger partial charge >= 0.3 is 0 Å². The lowest BCUT2D eigenvalue weighted by Gasteiger charge is -2.01. The zero-order chi connectivity index (χ0) is 19.4. The second-order valence-corrected chi connectivity index (χ2v) is 7.98. The molecule has 0 heteroatoms. The number of aryl methyl sites for hydroxylation is 4. The van der Waals surface area contributed by atoms with Crippen molar-refractivity contribution in [3.05, 3.63) is 70.8 Å².